The third-order valence-corrected chi connectivity index (χ3v) is 7.80. The van der Waals surface area contributed by atoms with E-state index in [1.807, 2.05) is 6.07 Å². The van der Waals surface area contributed by atoms with Crippen molar-refractivity contribution in [3.63, 3.8) is 0 Å². The number of hydrogen-bond donors (Lipinski definition) is 1. The van der Waals surface area contributed by atoms with Crippen molar-refractivity contribution >= 4 is 40.9 Å². The van der Waals surface area contributed by atoms with Crippen LogP contribution in [0, 0.1) is 22.0 Å². The number of carbonyl (C=O) groups excluding carboxylic acids is 3. The quantitative estimate of drug-likeness (QED) is 0.263. The molecule has 0 bridgehead atoms. The van der Waals surface area contributed by atoms with Gasteiger partial charge in [0, 0.05) is 24.0 Å². The molecule has 2 saturated heterocycles. The molecule has 4 atom stereocenters. The lowest BCUT2D eigenvalue weighted by atomic mass is 9.84. The first-order valence-corrected chi connectivity index (χ1v) is 12.7. The number of nitrogens with zero attached hydrogens (tertiary/aromatic N) is 3. The number of amides is 3. The molecule has 3 heterocycles. The normalized spacial score (nSPS) is 22.5. The first kappa shape index (κ1) is 27.0. The number of alkyl halides is 3. The Morgan fingerprint density at radius 3 is 2.45 bits per heavy atom. The number of nitrogens with one attached hydrogen (secondary N) is 1. The maximum atomic E-state index is 14.1. The summed E-state index contributed by atoms with van der Waals surface area (Å²) in [6, 6.07) is 12.7. The molecule has 0 aromatic heterocycles. The number of nitro groups is 1. The summed E-state index contributed by atoms with van der Waals surface area (Å²) < 4.78 is 45.2. The first-order chi connectivity index (χ1) is 20.0. The van der Waals surface area contributed by atoms with E-state index in [0.29, 0.717) is 5.56 Å². The van der Waals surface area contributed by atoms with Gasteiger partial charge in [-0.1, -0.05) is 30.3 Å². The Hall–Kier alpha value is -5.20. The van der Waals surface area contributed by atoms with Gasteiger partial charge in [0.1, 0.15) is 17.5 Å². The predicted octanol–water partition coefficient (Wildman–Crippen LogP) is 4.78. The lowest BCUT2D eigenvalue weighted by Gasteiger charge is -2.35. The third-order valence-electron chi connectivity index (χ3n) is 7.80. The number of rotatable bonds is 5. The second-order valence-electron chi connectivity index (χ2n) is 10.0. The molecule has 3 amide bonds. The van der Waals surface area contributed by atoms with Crippen molar-refractivity contribution in [1.29, 1.82) is 0 Å². The van der Waals surface area contributed by atoms with E-state index in [9.17, 15) is 37.7 Å². The maximum absolute atomic E-state index is 14.1. The van der Waals surface area contributed by atoms with Gasteiger partial charge in [-0.25, -0.2) is 4.90 Å². The van der Waals surface area contributed by atoms with Crippen molar-refractivity contribution in [2.24, 2.45) is 11.8 Å². The number of ether oxygens (including phenoxy) is 1. The number of methoxy groups -OCH3 is 1. The van der Waals surface area contributed by atoms with Gasteiger partial charge in [-0.2, -0.15) is 13.2 Å². The first-order valence-electron chi connectivity index (χ1n) is 12.7. The fourth-order valence-electron chi connectivity index (χ4n) is 6.05. The molecule has 13 heteroatoms. The minimum absolute atomic E-state index is 0.0352. The van der Waals surface area contributed by atoms with Gasteiger partial charge in [0.25, 0.3) is 5.69 Å². The standard InChI is InChI=1S/C29H21F3N4O6/c1-42-21-10-9-18(36(40)41)14-20(21)35-27(38)22-23(28(35)39)25(34-12-11-15-5-2-3-8-19(15)24(22)34)26(37)33-17-7-4-6-16(13-17)29(30,31)32/h2-14,22-25H,1H3,(H,33,37)/t22-,23+,24-,25-/m0/s1. The van der Waals surface area contributed by atoms with Gasteiger partial charge in [0.15, 0.2) is 0 Å². The molecule has 3 aromatic rings. The van der Waals surface area contributed by atoms with E-state index in [0.717, 1.165) is 34.7 Å². The molecule has 3 aromatic carbocycles. The van der Waals surface area contributed by atoms with E-state index in [1.165, 1.54) is 25.3 Å². The lowest BCUT2D eigenvalue weighted by Crippen LogP contribution is -2.46. The van der Waals surface area contributed by atoms with Crippen LogP contribution in [0.1, 0.15) is 22.7 Å². The van der Waals surface area contributed by atoms with Gasteiger partial charge < -0.3 is 15.0 Å². The number of halogens is 3. The molecule has 0 aliphatic carbocycles. The van der Waals surface area contributed by atoms with E-state index in [-0.39, 0.29) is 22.8 Å². The summed E-state index contributed by atoms with van der Waals surface area (Å²) in [5.74, 6) is -4.55. The van der Waals surface area contributed by atoms with Gasteiger partial charge in [0.05, 0.1) is 35.5 Å². The van der Waals surface area contributed by atoms with E-state index >= 15 is 0 Å². The molecule has 0 saturated carbocycles. The van der Waals surface area contributed by atoms with Crippen molar-refractivity contribution in [3.05, 3.63) is 99.7 Å². The van der Waals surface area contributed by atoms with Crippen molar-refractivity contribution in [1.82, 2.24) is 4.90 Å². The highest BCUT2D eigenvalue weighted by molar-refractivity contribution is 6.25. The molecular weight excluding hydrogens is 557 g/mol. The van der Waals surface area contributed by atoms with Gasteiger partial charge in [-0.3, -0.25) is 24.5 Å². The average molecular weight is 579 g/mol. The highest BCUT2D eigenvalue weighted by atomic mass is 19.4. The molecule has 1 N–H and O–H groups in total. The Morgan fingerprint density at radius 2 is 1.74 bits per heavy atom. The molecule has 2 fully saturated rings. The van der Waals surface area contributed by atoms with Crippen molar-refractivity contribution in [2.45, 2.75) is 18.3 Å². The van der Waals surface area contributed by atoms with Crippen LogP contribution in [-0.2, 0) is 20.6 Å². The Kier molecular flexibility index (Phi) is 6.24. The number of imide groups is 1. The van der Waals surface area contributed by atoms with Crippen LogP contribution in [0.15, 0.2) is 72.9 Å². The van der Waals surface area contributed by atoms with Crippen LogP contribution >= 0.6 is 0 Å². The summed E-state index contributed by atoms with van der Waals surface area (Å²) >= 11 is 0. The third kappa shape index (κ3) is 4.16. The van der Waals surface area contributed by atoms with Crippen LogP contribution in [0.4, 0.5) is 30.2 Å². The summed E-state index contributed by atoms with van der Waals surface area (Å²) in [4.78, 5) is 55.1. The number of nitro benzene ring substituents is 1. The van der Waals surface area contributed by atoms with Crippen molar-refractivity contribution < 1.29 is 37.2 Å². The molecule has 0 unspecified atom stereocenters. The van der Waals surface area contributed by atoms with E-state index < -0.39 is 58.3 Å². The molecule has 42 heavy (non-hydrogen) atoms. The van der Waals surface area contributed by atoms with Crippen molar-refractivity contribution in [2.75, 3.05) is 17.3 Å². The minimum Gasteiger partial charge on any atom is -0.495 e. The molecule has 3 aliphatic heterocycles. The highest BCUT2D eigenvalue weighted by Gasteiger charge is 2.65. The molecule has 6 rings (SSSR count). The van der Waals surface area contributed by atoms with Crippen LogP contribution in [0.3, 0.4) is 0 Å². The molecule has 0 spiro atoms. The van der Waals surface area contributed by atoms with Crippen LogP contribution in [0.25, 0.3) is 6.08 Å². The Balaban J connectivity index is 1.44. The summed E-state index contributed by atoms with van der Waals surface area (Å²) in [6.45, 7) is 0. The lowest BCUT2D eigenvalue weighted by molar-refractivity contribution is -0.384. The number of hydrogen-bond acceptors (Lipinski definition) is 7. The largest absolute Gasteiger partial charge is 0.495 e. The number of carbonyl (C=O) groups is 3. The SMILES string of the molecule is COc1ccc([N+](=O)[O-])cc1N1C(=O)[C@@H]2[C@H](C1=O)[C@@H]1c3ccccc3C=CN1[C@@H]2C(=O)Nc1cccc(C(F)(F)F)c1. The van der Waals surface area contributed by atoms with Crippen LogP contribution < -0.4 is 15.0 Å². The molecular formula is C29H21F3N4O6. The van der Waals surface area contributed by atoms with Crippen LogP contribution in [-0.4, -0.2) is 40.7 Å². The summed E-state index contributed by atoms with van der Waals surface area (Å²) in [6.07, 6.45) is -1.32. The van der Waals surface area contributed by atoms with E-state index in [1.54, 1.807) is 35.4 Å². The zero-order valence-electron chi connectivity index (χ0n) is 21.7. The molecule has 214 valence electrons. The fraction of sp³-hybridized carbons (Fsp3) is 0.207. The summed E-state index contributed by atoms with van der Waals surface area (Å²) in [5.41, 5.74) is -0.175. The molecule has 0 radical (unpaired) electrons. The number of benzene rings is 3. The Bertz CT molecular complexity index is 1690. The monoisotopic (exact) mass is 578 g/mol. The fourth-order valence-corrected chi connectivity index (χ4v) is 6.05. The summed E-state index contributed by atoms with van der Waals surface area (Å²) in [5, 5.41) is 14.0. The van der Waals surface area contributed by atoms with Gasteiger partial charge in [0.2, 0.25) is 17.7 Å². The molecule has 3 aliphatic rings. The average Bonchev–Trinajstić information content (AvgIpc) is 3.44. The number of anilines is 2. The number of non-ortho nitro benzene ring substituents is 1. The van der Waals surface area contributed by atoms with E-state index in [4.69, 9.17) is 4.74 Å². The minimum atomic E-state index is -4.64. The topological polar surface area (TPSA) is 122 Å². The Morgan fingerprint density at radius 1 is 1.00 bits per heavy atom. The van der Waals surface area contributed by atoms with Crippen molar-refractivity contribution in [3.8, 4) is 5.75 Å². The van der Waals surface area contributed by atoms with Gasteiger partial charge in [-0.15, -0.1) is 0 Å². The zero-order chi connectivity index (χ0) is 29.9. The smallest absolute Gasteiger partial charge is 0.416 e. The predicted molar refractivity (Wildman–Crippen MR) is 143 cm³/mol. The second kappa shape index (κ2) is 9.72. The van der Waals surface area contributed by atoms with Crippen LogP contribution in [0.2, 0.25) is 0 Å². The zero-order valence-corrected chi connectivity index (χ0v) is 21.7. The van der Waals surface area contributed by atoms with Gasteiger partial charge >= 0.3 is 6.18 Å². The highest BCUT2D eigenvalue weighted by Crippen LogP contribution is 2.54. The second-order valence-corrected chi connectivity index (χ2v) is 10.0. The molecule has 10 nitrogen and oxygen atoms in total. The van der Waals surface area contributed by atoms with Crippen LogP contribution in [0.5, 0.6) is 5.75 Å². The number of fused-ring (bicyclic) bond motifs is 5. The maximum Gasteiger partial charge on any atom is 0.416 e. The Labute approximate surface area is 236 Å². The van der Waals surface area contributed by atoms with E-state index in [2.05, 4.69) is 5.32 Å². The van der Waals surface area contributed by atoms with Gasteiger partial charge in [-0.05, 0) is 41.5 Å². The summed E-state index contributed by atoms with van der Waals surface area (Å²) in [7, 11) is 1.28.